The molecule has 1 aromatic rings. The van der Waals surface area contributed by atoms with E-state index in [-0.39, 0.29) is 0 Å². The van der Waals surface area contributed by atoms with Gasteiger partial charge >= 0.3 is 0 Å². The van der Waals surface area contributed by atoms with E-state index in [2.05, 4.69) is 41.8 Å². The maximum atomic E-state index is 12.7. The van der Waals surface area contributed by atoms with Crippen molar-refractivity contribution in [2.75, 3.05) is 18.0 Å². The maximum Gasteiger partial charge on any atom is 0.227 e. The zero-order chi connectivity index (χ0) is 17.4. The van der Waals surface area contributed by atoms with Gasteiger partial charge in [0.15, 0.2) is 0 Å². The molecule has 2 aliphatic heterocycles. The second-order valence-electron chi connectivity index (χ2n) is 8.67. The number of anilines is 1. The van der Waals surface area contributed by atoms with Gasteiger partial charge in [0.25, 0.3) is 0 Å². The summed E-state index contributed by atoms with van der Waals surface area (Å²) in [5.41, 5.74) is 4.21. The monoisotopic (exact) mass is 340 g/mol. The molecule has 0 radical (unpaired) electrons. The van der Waals surface area contributed by atoms with Crippen LogP contribution in [0.2, 0.25) is 0 Å². The molecular weight excluding hydrogens is 308 g/mol. The number of likely N-dealkylation sites (tertiary alicyclic amines) is 1. The van der Waals surface area contributed by atoms with Gasteiger partial charge in [0.05, 0.1) is 0 Å². The first-order chi connectivity index (χ1) is 12.1. The SMILES string of the molecule is Cc1ccc2c(c1)N(C1CCN(C3(C)CCCCC3)CC1)C(=O)CC2. The third-order valence-electron chi connectivity index (χ3n) is 6.90. The highest BCUT2D eigenvalue weighted by Crippen LogP contribution is 2.38. The average molecular weight is 341 g/mol. The van der Waals surface area contributed by atoms with Gasteiger partial charge in [-0.1, -0.05) is 31.4 Å². The Balaban J connectivity index is 1.49. The van der Waals surface area contributed by atoms with Gasteiger partial charge in [-0.15, -0.1) is 0 Å². The fourth-order valence-corrected chi connectivity index (χ4v) is 5.30. The van der Waals surface area contributed by atoms with E-state index < -0.39 is 0 Å². The number of carbonyl (C=O) groups is 1. The van der Waals surface area contributed by atoms with Crippen molar-refractivity contribution in [3.05, 3.63) is 29.3 Å². The Morgan fingerprint density at radius 3 is 2.48 bits per heavy atom. The van der Waals surface area contributed by atoms with Crippen molar-refractivity contribution in [3.8, 4) is 0 Å². The number of nitrogens with zero attached hydrogens (tertiary/aromatic N) is 2. The van der Waals surface area contributed by atoms with Gasteiger partial charge < -0.3 is 4.90 Å². The summed E-state index contributed by atoms with van der Waals surface area (Å²) in [4.78, 5) is 17.6. The summed E-state index contributed by atoms with van der Waals surface area (Å²) in [7, 11) is 0. The Labute approximate surface area is 152 Å². The van der Waals surface area contributed by atoms with Crippen LogP contribution in [0.15, 0.2) is 18.2 Å². The standard InChI is InChI=1S/C22H32N2O/c1-17-6-7-18-8-9-21(25)24(20(18)16-17)19-10-14-23(15-11-19)22(2)12-4-3-5-13-22/h6-7,16,19H,3-5,8-15H2,1-2H3. The first-order valence-electron chi connectivity index (χ1n) is 10.2. The first kappa shape index (κ1) is 17.1. The van der Waals surface area contributed by atoms with Gasteiger partial charge in [-0.2, -0.15) is 0 Å². The van der Waals surface area contributed by atoms with Gasteiger partial charge in [-0.05, 0) is 63.1 Å². The smallest absolute Gasteiger partial charge is 0.227 e. The van der Waals surface area contributed by atoms with E-state index in [1.165, 1.54) is 48.9 Å². The lowest BCUT2D eigenvalue weighted by Crippen LogP contribution is -2.55. The van der Waals surface area contributed by atoms with Crippen molar-refractivity contribution < 1.29 is 4.79 Å². The minimum absolute atomic E-state index is 0.334. The Bertz CT molecular complexity index is 639. The van der Waals surface area contributed by atoms with Crippen LogP contribution in [-0.4, -0.2) is 35.5 Å². The zero-order valence-electron chi connectivity index (χ0n) is 15.9. The van der Waals surface area contributed by atoms with Gasteiger partial charge in [-0.3, -0.25) is 9.69 Å². The number of benzene rings is 1. The predicted octanol–water partition coefficient (Wildman–Crippen LogP) is 4.46. The minimum atomic E-state index is 0.334. The predicted molar refractivity (Wildman–Crippen MR) is 103 cm³/mol. The van der Waals surface area contributed by atoms with Crippen LogP contribution >= 0.6 is 0 Å². The second-order valence-corrected chi connectivity index (χ2v) is 8.67. The molecule has 2 fully saturated rings. The Kier molecular flexibility index (Phi) is 4.61. The fraction of sp³-hybridized carbons (Fsp3) is 0.682. The minimum Gasteiger partial charge on any atom is -0.309 e. The molecule has 1 aliphatic carbocycles. The van der Waals surface area contributed by atoms with Crippen molar-refractivity contribution in [1.29, 1.82) is 0 Å². The molecule has 136 valence electrons. The molecule has 3 nitrogen and oxygen atoms in total. The Morgan fingerprint density at radius 2 is 1.76 bits per heavy atom. The number of aryl methyl sites for hydroxylation is 2. The van der Waals surface area contributed by atoms with Crippen molar-refractivity contribution in [3.63, 3.8) is 0 Å². The largest absolute Gasteiger partial charge is 0.309 e. The summed E-state index contributed by atoms with van der Waals surface area (Å²) in [5.74, 6) is 0.334. The van der Waals surface area contributed by atoms with Crippen molar-refractivity contribution >= 4 is 11.6 Å². The van der Waals surface area contributed by atoms with Crippen LogP contribution in [0.4, 0.5) is 5.69 Å². The van der Waals surface area contributed by atoms with Crippen LogP contribution in [0.5, 0.6) is 0 Å². The van der Waals surface area contributed by atoms with E-state index in [1.807, 2.05) is 0 Å². The summed E-state index contributed by atoms with van der Waals surface area (Å²) >= 11 is 0. The van der Waals surface area contributed by atoms with E-state index in [4.69, 9.17) is 0 Å². The van der Waals surface area contributed by atoms with Crippen molar-refractivity contribution in [2.24, 2.45) is 0 Å². The number of fused-ring (bicyclic) bond motifs is 1. The third-order valence-corrected chi connectivity index (χ3v) is 6.90. The number of amides is 1. The summed E-state index contributed by atoms with van der Waals surface area (Å²) < 4.78 is 0. The summed E-state index contributed by atoms with van der Waals surface area (Å²) in [6, 6.07) is 7.01. The van der Waals surface area contributed by atoms with Crippen LogP contribution in [0.25, 0.3) is 0 Å². The molecule has 3 heteroatoms. The summed E-state index contributed by atoms with van der Waals surface area (Å²) in [5, 5.41) is 0. The number of piperidine rings is 1. The van der Waals surface area contributed by atoms with Crippen LogP contribution in [0.1, 0.15) is 69.4 Å². The van der Waals surface area contributed by atoms with Crippen molar-refractivity contribution in [2.45, 2.75) is 83.2 Å². The lowest BCUT2D eigenvalue weighted by atomic mass is 9.80. The highest BCUT2D eigenvalue weighted by atomic mass is 16.2. The lowest BCUT2D eigenvalue weighted by molar-refractivity contribution is -0.119. The first-order valence-corrected chi connectivity index (χ1v) is 10.2. The lowest BCUT2D eigenvalue weighted by Gasteiger charge is -2.49. The molecule has 3 aliphatic rings. The molecule has 0 aromatic heterocycles. The molecule has 1 saturated heterocycles. The highest BCUT2D eigenvalue weighted by Gasteiger charge is 2.38. The molecule has 1 amide bonds. The molecular formula is C22H32N2O. The highest BCUT2D eigenvalue weighted by molar-refractivity contribution is 5.97. The molecule has 2 heterocycles. The normalized spacial score (nSPS) is 25.0. The Morgan fingerprint density at radius 1 is 1.04 bits per heavy atom. The van der Waals surface area contributed by atoms with E-state index in [0.29, 0.717) is 23.9 Å². The van der Waals surface area contributed by atoms with Crippen LogP contribution in [-0.2, 0) is 11.2 Å². The van der Waals surface area contributed by atoms with E-state index >= 15 is 0 Å². The molecule has 0 spiro atoms. The number of carbonyl (C=O) groups excluding carboxylic acids is 1. The molecule has 1 aromatic carbocycles. The van der Waals surface area contributed by atoms with Crippen molar-refractivity contribution in [1.82, 2.24) is 4.90 Å². The van der Waals surface area contributed by atoms with Gasteiger partial charge in [0.2, 0.25) is 5.91 Å². The maximum absolute atomic E-state index is 12.7. The molecule has 0 N–H and O–H groups in total. The quantitative estimate of drug-likeness (QED) is 0.793. The van der Waals surface area contributed by atoms with Crippen LogP contribution in [0.3, 0.4) is 0 Å². The second kappa shape index (κ2) is 6.75. The van der Waals surface area contributed by atoms with Crippen LogP contribution < -0.4 is 4.90 Å². The van der Waals surface area contributed by atoms with Gasteiger partial charge in [-0.25, -0.2) is 0 Å². The van der Waals surface area contributed by atoms with E-state index in [1.54, 1.807) is 0 Å². The molecule has 0 atom stereocenters. The van der Waals surface area contributed by atoms with Crippen LogP contribution in [0, 0.1) is 6.92 Å². The Hall–Kier alpha value is -1.35. The van der Waals surface area contributed by atoms with E-state index in [9.17, 15) is 4.79 Å². The summed E-state index contributed by atoms with van der Waals surface area (Å²) in [6.45, 7) is 6.89. The van der Waals surface area contributed by atoms with Gasteiger partial charge in [0.1, 0.15) is 0 Å². The number of hydrogen-bond acceptors (Lipinski definition) is 2. The molecule has 4 rings (SSSR count). The topological polar surface area (TPSA) is 23.6 Å². The molecule has 0 unspecified atom stereocenters. The molecule has 0 bridgehead atoms. The van der Waals surface area contributed by atoms with Gasteiger partial charge in [0, 0.05) is 36.8 Å². The number of rotatable bonds is 2. The molecule has 1 saturated carbocycles. The van der Waals surface area contributed by atoms with E-state index in [0.717, 1.165) is 32.4 Å². The number of hydrogen-bond donors (Lipinski definition) is 0. The average Bonchev–Trinajstić information content (AvgIpc) is 2.62. The third kappa shape index (κ3) is 3.23. The zero-order valence-corrected chi connectivity index (χ0v) is 15.9. The summed E-state index contributed by atoms with van der Waals surface area (Å²) in [6.07, 6.45) is 10.7. The fourth-order valence-electron chi connectivity index (χ4n) is 5.30. The molecule has 25 heavy (non-hydrogen) atoms.